The highest BCUT2D eigenvalue weighted by molar-refractivity contribution is 5.50. The van der Waals surface area contributed by atoms with Crippen molar-refractivity contribution in [1.29, 1.82) is 0 Å². The maximum atomic E-state index is 13.0. The second kappa shape index (κ2) is 7.96. The van der Waals surface area contributed by atoms with E-state index in [-0.39, 0.29) is 12.7 Å². The predicted octanol–water partition coefficient (Wildman–Crippen LogP) is 3.96. The number of halogens is 2. The summed E-state index contributed by atoms with van der Waals surface area (Å²) in [5.41, 5.74) is 10.2. The number of rotatable bonds is 7. The van der Waals surface area contributed by atoms with E-state index in [9.17, 15) is 8.78 Å². The van der Waals surface area contributed by atoms with Crippen LogP contribution in [0.25, 0.3) is 10.4 Å². The molecule has 1 aliphatic rings. The van der Waals surface area contributed by atoms with Crippen LogP contribution in [-0.4, -0.2) is 39.1 Å². The minimum absolute atomic E-state index is 0.0640. The van der Waals surface area contributed by atoms with Gasteiger partial charge >= 0.3 is 0 Å². The number of hydrogen-bond acceptors (Lipinski definition) is 3. The maximum Gasteiger partial charge on any atom is 0.110 e. The highest BCUT2D eigenvalue weighted by Gasteiger charge is 2.26. The molecule has 22 heavy (non-hydrogen) atoms. The highest BCUT2D eigenvalue weighted by Crippen LogP contribution is 2.29. The summed E-state index contributed by atoms with van der Waals surface area (Å²) in [6, 6.07) is 6.41. The fourth-order valence-electron chi connectivity index (χ4n) is 2.95. The molecule has 1 aromatic carbocycles. The van der Waals surface area contributed by atoms with Gasteiger partial charge in [-0.15, -0.1) is 0 Å². The molecule has 1 saturated heterocycles. The minimum atomic E-state index is -0.897. The Kier molecular flexibility index (Phi) is 5.98. The largest absolute Gasteiger partial charge is 0.376 e. The van der Waals surface area contributed by atoms with Crippen LogP contribution < -0.4 is 4.90 Å². The van der Waals surface area contributed by atoms with E-state index in [2.05, 4.69) is 10.0 Å². The van der Waals surface area contributed by atoms with E-state index in [1.165, 1.54) is 7.11 Å². The molecule has 1 aromatic rings. The standard InChI is InChI=1S/C15H20F2N4O/c1-22-15(14(10-17)19-20-18)11-4-6-12(7-5-11)21-8-2-3-13(21)9-16/h4-7,13-15H,2-3,8-10H2,1H3/t13-,14-,15-/m1/s1. The van der Waals surface area contributed by atoms with Gasteiger partial charge in [-0.05, 0) is 36.1 Å². The van der Waals surface area contributed by atoms with Gasteiger partial charge in [-0.1, -0.05) is 17.2 Å². The number of benzene rings is 1. The number of anilines is 1. The first-order chi connectivity index (χ1) is 10.7. The van der Waals surface area contributed by atoms with Gasteiger partial charge in [0.1, 0.15) is 13.3 Å². The van der Waals surface area contributed by atoms with E-state index >= 15 is 0 Å². The van der Waals surface area contributed by atoms with Crippen molar-refractivity contribution < 1.29 is 13.5 Å². The van der Waals surface area contributed by atoms with Crippen LogP contribution in [0.5, 0.6) is 0 Å². The lowest BCUT2D eigenvalue weighted by Gasteiger charge is -2.26. The molecule has 0 aliphatic carbocycles. The van der Waals surface area contributed by atoms with E-state index in [1.54, 1.807) is 0 Å². The van der Waals surface area contributed by atoms with Gasteiger partial charge in [0, 0.05) is 24.3 Å². The molecule has 1 heterocycles. The summed E-state index contributed by atoms with van der Waals surface area (Å²) in [4.78, 5) is 4.71. The van der Waals surface area contributed by atoms with Crippen LogP contribution in [0, 0.1) is 0 Å². The van der Waals surface area contributed by atoms with E-state index in [1.807, 2.05) is 29.2 Å². The molecule has 0 spiro atoms. The molecule has 5 nitrogen and oxygen atoms in total. The van der Waals surface area contributed by atoms with Gasteiger partial charge in [0.25, 0.3) is 0 Å². The Morgan fingerprint density at radius 3 is 2.68 bits per heavy atom. The molecule has 2 rings (SSSR count). The average molecular weight is 310 g/mol. The molecule has 120 valence electrons. The topological polar surface area (TPSA) is 61.2 Å². The van der Waals surface area contributed by atoms with Crippen molar-refractivity contribution >= 4 is 5.69 Å². The van der Waals surface area contributed by atoms with Crippen molar-refractivity contribution in [3.05, 3.63) is 40.3 Å². The van der Waals surface area contributed by atoms with Crippen molar-refractivity contribution in [2.24, 2.45) is 5.11 Å². The summed E-state index contributed by atoms with van der Waals surface area (Å²) in [6.07, 6.45) is 1.21. The minimum Gasteiger partial charge on any atom is -0.376 e. The number of azide groups is 1. The van der Waals surface area contributed by atoms with Crippen LogP contribution in [0.3, 0.4) is 0 Å². The molecule has 1 aliphatic heterocycles. The van der Waals surface area contributed by atoms with Gasteiger partial charge in [0.15, 0.2) is 0 Å². The number of nitrogens with zero attached hydrogens (tertiary/aromatic N) is 4. The summed E-state index contributed by atoms with van der Waals surface area (Å²) in [5, 5.41) is 3.44. The van der Waals surface area contributed by atoms with Gasteiger partial charge in [-0.3, -0.25) is 4.39 Å². The Morgan fingerprint density at radius 2 is 2.14 bits per heavy atom. The van der Waals surface area contributed by atoms with Gasteiger partial charge < -0.3 is 9.64 Å². The Bertz CT molecular complexity index is 519. The fourth-order valence-corrected chi connectivity index (χ4v) is 2.95. The van der Waals surface area contributed by atoms with Crippen LogP contribution in [0.2, 0.25) is 0 Å². The molecular formula is C15H20F2N4O. The van der Waals surface area contributed by atoms with Crippen molar-refractivity contribution in [3.8, 4) is 0 Å². The quantitative estimate of drug-likeness (QED) is 0.435. The smallest absolute Gasteiger partial charge is 0.110 e. The zero-order chi connectivity index (χ0) is 15.9. The predicted molar refractivity (Wildman–Crippen MR) is 81.4 cm³/mol. The Balaban J connectivity index is 2.18. The summed E-state index contributed by atoms with van der Waals surface area (Å²) in [6.45, 7) is -0.308. The molecule has 0 bridgehead atoms. The number of hydrogen-bond donors (Lipinski definition) is 0. The molecule has 1 fully saturated rings. The molecule has 3 atom stereocenters. The Morgan fingerprint density at radius 1 is 1.41 bits per heavy atom. The first-order valence-corrected chi connectivity index (χ1v) is 7.30. The monoisotopic (exact) mass is 310 g/mol. The zero-order valence-corrected chi connectivity index (χ0v) is 12.5. The van der Waals surface area contributed by atoms with E-state index < -0.39 is 18.8 Å². The lowest BCUT2D eigenvalue weighted by Crippen LogP contribution is -2.30. The lowest BCUT2D eigenvalue weighted by molar-refractivity contribution is 0.0722. The van der Waals surface area contributed by atoms with Crippen LogP contribution in [0.1, 0.15) is 24.5 Å². The average Bonchev–Trinajstić information content (AvgIpc) is 3.04. The second-order valence-corrected chi connectivity index (χ2v) is 5.32. The number of methoxy groups -OCH3 is 1. The molecule has 0 amide bonds. The molecule has 0 radical (unpaired) electrons. The third kappa shape index (κ3) is 3.48. The van der Waals surface area contributed by atoms with Crippen LogP contribution in [0.4, 0.5) is 14.5 Å². The Labute approximate surface area is 128 Å². The van der Waals surface area contributed by atoms with E-state index in [0.717, 1.165) is 30.6 Å². The first-order valence-electron chi connectivity index (χ1n) is 7.30. The van der Waals surface area contributed by atoms with Crippen LogP contribution in [-0.2, 0) is 4.74 Å². The third-order valence-electron chi connectivity index (χ3n) is 4.07. The molecular weight excluding hydrogens is 290 g/mol. The van der Waals surface area contributed by atoms with E-state index in [4.69, 9.17) is 10.3 Å². The van der Waals surface area contributed by atoms with Crippen molar-refractivity contribution in [1.82, 2.24) is 0 Å². The number of alkyl halides is 2. The second-order valence-electron chi connectivity index (χ2n) is 5.32. The van der Waals surface area contributed by atoms with Crippen molar-refractivity contribution in [2.75, 3.05) is 31.9 Å². The van der Waals surface area contributed by atoms with Gasteiger partial charge in [0.05, 0.1) is 18.2 Å². The third-order valence-corrected chi connectivity index (χ3v) is 4.07. The summed E-state index contributed by atoms with van der Waals surface area (Å²) < 4.78 is 31.2. The van der Waals surface area contributed by atoms with Crippen molar-refractivity contribution in [2.45, 2.75) is 31.0 Å². The lowest BCUT2D eigenvalue weighted by atomic mass is 10.0. The summed E-state index contributed by atoms with van der Waals surface area (Å²) in [5.74, 6) is 0. The molecule has 7 heteroatoms. The van der Waals surface area contributed by atoms with Crippen LogP contribution >= 0.6 is 0 Å². The molecule has 0 aromatic heterocycles. The Hall–Kier alpha value is -1.85. The summed E-state index contributed by atoms with van der Waals surface area (Å²) >= 11 is 0. The number of ether oxygens (including phenoxy) is 1. The normalized spacial score (nSPS) is 20.5. The fraction of sp³-hybridized carbons (Fsp3) is 0.600. The van der Waals surface area contributed by atoms with E-state index in [0.29, 0.717) is 0 Å². The summed E-state index contributed by atoms with van der Waals surface area (Å²) in [7, 11) is 1.45. The molecule has 0 N–H and O–H groups in total. The SMILES string of the molecule is CO[C@H](c1ccc(N2CCC[C@@H]2CF)cc1)[C@@H](CF)N=[N+]=[N-]. The van der Waals surface area contributed by atoms with Crippen molar-refractivity contribution in [3.63, 3.8) is 0 Å². The van der Waals surface area contributed by atoms with Gasteiger partial charge in [-0.25, -0.2) is 4.39 Å². The maximum absolute atomic E-state index is 13.0. The van der Waals surface area contributed by atoms with Gasteiger partial charge in [-0.2, -0.15) is 0 Å². The van der Waals surface area contributed by atoms with Gasteiger partial charge in [0.2, 0.25) is 0 Å². The highest BCUT2D eigenvalue weighted by atomic mass is 19.1. The zero-order valence-electron chi connectivity index (χ0n) is 12.5. The first kappa shape index (κ1) is 16.5. The molecule has 0 unspecified atom stereocenters. The van der Waals surface area contributed by atoms with Crippen LogP contribution in [0.15, 0.2) is 29.4 Å². The molecule has 0 saturated carbocycles.